The number of hydrogen-bond donors (Lipinski definition) is 0. The van der Waals surface area contributed by atoms with Crippen molar-refractivity contribution in [1.82, 2.24) is 4.90 Å². The summed E-state index contributed by atoms with van der Waals surface area (Å²) in [7, 11) is 4.24. The lowest BCUT2D eigenvalue weighted by atomic mass is 10.1. The van der Waals surface area contributed by atoms with Crippen LogP contribution in [-0.2, 0) is 0 Å². The van der Waals surface area contributed by atoms with Crippen LogP contribution in [0.15, 0.2) is 29.2 Å². The molecule has 1 atom stereocenters. The molecular weight excluding hydrogens is 242 g/mol. The van der Waals surface area contributed by atoms with E-state index in [2.05, 4.69) is 49.5 Å². The van der Waals surface area contributed by atoms with Gasteiger partial charge in [0.25, 0.3) is 0 Å². The number of rotatable bonds is 7. The summed E-state index contributed by atoms with van der Waals surface area (Å²) in [6.07, 6.45) is 6.29. The van der Waals surface area contributed by atoms with Crippen molar-refractivity contribution in [2.45, 2.75) is 30.3 Å². The van der Waals surface area contributed by atoms with Gasteiger partial charge in [-0.1, -0.05) is 0 Å². The molecule has 18 heavy (non-hydrogen) atoms. The van der Waals surface area contributed by atoms with E-state index in [0.717, 1.165) is 24.6 Å². The number of benzene rings is 1. The van der Waals surface area contributed by atoms with Crippen LogP contribution in [0.4, 0.5) is 0 Å². The average molecular weight is 265 g/mol. The molecule has 1 aromatic carbocycles. The van der Waals surface area contributed by atoms with Gasteiger partial charge in [0.2, 0.25) is 0 Å². The first-order chi connectivity index (χ1) is 8.69. The minimum atomic E-state index is 0.396. The van der Waals surface area contributed by atoms with Gasteiger partial charge in [-0.05, 0) is 69.8 Å². The smallest absolute Gasteiger partial charge is 0.119 e. The summed E-state index contributed by atoms with van der Waals surface area (Å²) < 4.78 is 6.15. The number of hydrogen-bond acceptors (Lipinski definition) is 3. The molecule has 0 amide bonds. The van der Waals surface area contributed by atoms with E-state index >= 15 is 0 Å². The molecule has 1 aliphatic carbocycles. The molecular formula is C15H23NOS. The highest BCUT2D eigenvalue weighted by atomic mass is 32.2. The lowest BCUT2D eigenvalue weighted by Gasteiger charge is -2.21. The van der Waals surface area contributed by atoms with Gasteiger partial charge in [0.1, 0.15) is 11.9 Å². The minimum absolute atomic E-state index is 0.396. The van der Waals surface area contributed by atoms with Crippen molar-refractivity contribution in [2.24, 2.45) is 5.92 Å². The molecule has 2 nitrogen and oxygen atoms in total. The van der Waals surface area contributed by atoms with Crippen LogP contribution in [0.25, 0.3) is 0 Å². The summed E-state index contributed by atoms with van der Waals surface area (Å²) in [5, 5.41) is 0. The highest BCUT2D eigenvalue weighted by molar-refractivity contribution is 7.98. The van der Waals surface area contributed by atoms with E-state index in [0.29, 0.717) is 6.10 Å². The predicted octanol–water partition coefficient (Wildman–Crippen LogP) is 3.52. The topological polar surface area (TPSA) is 12.5 Å². The van der Waals surface area contributed by atoms with Gasteiger partial charge in [0.05, 0.1) is 0 Å². The summed E-state index contributed by atoms with van der Waals surface area (Å²) in [5.41, 5.74) is 0. The van der Waals surface area contributed by atoms with Gasteiger partial charge in [0, 0.05) is 11.4 Å². The summed E-state index contributed by atoms with van der Waals surface area (Å²) in [5.74, 6) is 1.80. The van der Waals surface area contributed by atoms with Crippen LogP contribution in [0, 0.1) is 5.92 Å². The Morgan fingerprint density at radius 2 is 1.94 bits per heavy atom. The first-order valence-corrected chi connectivity index (χ1v) is 7.87. The SMILES string of the molecule is CSc1ccc(OC(CCN(C)C)C2CC2)cc1. The first kappa shape index (κ1) is 13.8. The molecule has 1 unspecified atom stereocenters. The molecule has 0 aromatic heterocycles. The van der Waals surface area contributed by atoms with Crippen molar-refractivity contribution >= 4 is 11.8 Å². The molecule has 0 radical (unpaired) electrons. The third-order valence-corrected chi connectivity index (χ3v) is 4.10. The standard InChI is InChI=1S/C15H23NOS/c1-16(2)11-10-15(12-4-5-12)17-13-6-8-14(18-3)9-7-13/h6-9,12,15H,4-5,10-11H2,1-3H3. The Hall–Kier alpha value is -0.670. The molecule has 0 heterocycles. The summed E-state index contributed by atoms with van der Waals surface area (Å²) in [6.45, 7) is 1.10. The van der Waals surface area contributed by atoms with E-state index in [1.54, 1.807) is 11.8 Å². The number of nitrogens with zero attached hydrogens (tertiary/aromatic N) is 1. The van der Waals surface area contributed by atoms with Crippen molar-refractivity contribution in [3.05, 3.63) is 24.3 Å². The quantitative estimate of drug-likeness (QED) is 0.700. The van der Waals surface area contributed by atoms with Crippen LogP contribution in [0.5, 0.6) is 5.75 Å². The third kappa shape index (κ3) is 4.21. The summed E-state index contributed by atoms with van der Waals surface area (Å²) in [6, 6.07) is 8.46. The number of ether oxygens (including phenoxy) is 1. The second-order valence-corrected chi connectivity index (χ2v) is 6.14. The molecule has 2 rings (SSSR count). The van der Waals surface area contributed by atoms with Gasteiger partial charge >= 0.3 is 0 Å². The van der Waals surface area contributed by atoms with Crippen LogP contribution in [-0.4, -0.2) is 37.9 Å². The molecule has 1 aromatic rings. The van der Waals surface area contributed by atoms with E-state index < -0.39 is 0 Å². The van der Waals surface area contributed by atoms with Crippen LogP contribution in [0.2, 0.25) is 0 Å². The van der Waals surface area contributed by atoms with Gasteiger partial charge in [-0.15, -0.1) is 11.8 Å². The van der Waals surface area contributed by atoms with Crippen LogP contribution in [0.3, 0.4) is 0 Å². The second-order valence-electron chi connectivity index (χ2n) is 5.26. The normalized spacial score (nSPS) is 16.9. The maximum atomic E-state index is 6.15. The van der Waals surface area contributed by atoms with E-state index in [-0.39, 0.29) is 0 Å². The predicted molar refractivity (Wildman–Crippen MR) is 78.5 cm³/mol. The van der Waals surface area contributed by atoms with Gasteiger partial charge in [-0.25, -0.2) is 0 Å². The van der Waals surface area contributed by atoms with Gasteiger partial charge in [-0.3, -0.25) is 0 Å². The molecule has 0 spiro atoms. The van der Waals surface area contributed by atoms with Gasteiger partial charge in [0.15, 0.2) is 0 Å². The Kier molecular flexibility index (Phi) is 4.95. The molecule has 1 fully saturated rings. The molecule has 3 heteroatoms. The number of thioether (sulfide) groups is 1. The van der Waals surface area contributed by atoms with E-state index in [1.807, 2.05) is 0 Å². The van der Waals surface area contributed by atoms with Gasteiger partial charge < -0.3 is 9.64 Å². The van der Waals surface area contributed by atoms with E-state index in [9.17, 15) is 0 Å². The highest BCUT2D eigenvalue weighted by Crippen LogP contribution is 2.36. The monoisotopic (exact) mass is 265 g/mol. The van der Waals surface area contributed by atoms with Crippen LogP contribution in [0.1, 0.15) is 19.3 Å². The average Bonchev–Trinajstić information content (AvgIpc) is 3.19. The minimum Gasteiger partial charge on any atom is -0.490 e. The first-order valence-electron chi connectivity index (χ1n) is 6.64. The highest BCUT2D eigenvalue weighted by Gasteiger charge is 2.32. The largest absolute Gasteiger partial charge is 0.490 e. The molecule has 100 valence electrons. The van der Waals surface area contributed by atoms with Crippen molar-refractivity contribution < 1.29 is 4.74 Å². The fourth-order valence-electron chi connectivity index (χ4n) is 2.07. The van der Waals surface area contributed by atoms with Crippen molar-refractivity contribution in [1.29, 1.82) is 0 Å². The Morgan fingerprint density at radius 1 is 1.28 bits per heavy atom. The zero-order valence-corrected chi connectivity index (χ0v) is 12.4. The van der Waals surface area contributed by atoms with Gasteiger partial charge in [-0.2, -0.15) is 0 Å². The Morgan fingerprint density at radius 3 is 2.44 bits per heavy atom. The lowest BCUT2D eigenvalue weighted by Crippen LogP contribution is -2.25. The van der Waals surface area contributed by atoms with E-state index in [4.69, 9.17) is 4.74 Å². The molecule has 1 aliphatic rings. The summed E-state index contributed by atoms with van der Waals surface area (Å²) >= 11 is 1.77. The maximum Gasteiger partial charge on any atom is 0.119 e. The zero-order valence-electron chi connectivity index (χ0n) is 11.6. The Labute approximate surface area is 115 Å². The fourth-order valence-corrected chi connectivity index (χ4v) is 2.48. The van der Waals surface area contributed by atoms with E-state index in [1.165, 1.54) is 17.7 Å². The second kappa shape index (κ2) is 6.48. The third-order valence-electron chi connectivity index (χ3n) is 3.36. The lowest BCUT2D eigenvalue weighted by molar-refractivity contribution is 0.155. The molecule has 0 saturated heterocycles. The summed E-state index contributed by atoms with van der Waals surface area (Å²) in [4.78, 5) is 3.52. The fraction of sp³-hybridized carbons (Fsp3) is 0.600. The molecule has 0 N–H and O–H groups in total. The molecule has 0 bridgehead atoms. The van der Waals surface area contributed by atoms with Crippen molar-refractivity contribution in [3.63, 3.8) is 0 Å². The Balaban J connectivity index is 1.90. The van der Waals surface area contributed by atoms with Crippen molar-refractivity contribution in [3.8, 4) is 5.75 Å². The zero-order chi connectivity index (χ0) is 13.0. The molecule has 0 aliphatic heterocycles. The van der Waals surface area contributed by atoms with Crippen molar-refractivity contribution in [2.75, 3.05) is 26.9 Å². The maximum absolute atomic E-state index is 6.15. The van der Waals surface area contributed by atoms with Crippen LogP contribution >= 0.6 is 11.8 Å². The molecule has 1 saturated carbocycles. The Bertz CT molecular complexity index is 359. The van der Waals surface area contributed by atoms with Crippen LogP contribution < -0.4 is 4.74 Å².